The number of carbonyl (C=O) groups is 1. The molecule has 0 aliphatic heterocycles. The zero-order valence-corrected chi connectivity index (χ0v) is 11.7. The second kappa shape index (κ2) is 7.31. The van der Waals surface area contributed by atoms with Gasteiger partial charge >= 0.3 is 6.03 Å². The summed E-state index contributed by atoms with van der Waals surface area (Å²) in [6.07, 6.45) is 5.59. The number of nitrogens with one attached hydrogen (secondary N) is 2. The summed E-state index contributed by atoms with van der Waals surface area (Å²) in [4.78, 5) is 16.9. The maximum absolute atomic E-state index is 11.6. The molecule has 0 aromatic carbocycles. The number of rotatable bonds is 6. The van der Waals surface area contributed by atoms with Gasteiger partial charge < -0.3 is 14.8 Å². The van der Waals surface area contributed by atoms with Crippen molar-refractivity contribution < 1.29 is 19.2 Å². The summed E-state index contributed by atoms with van der Waals surface area (Å²) in [6, 6.07) is 2.86. The van der Waals surface area contributed by atoms with Gasteiger partial charge in [-0.15, -0.1) is 0 Å². The van der Waals surface area contributed by atoms with E-state index in [2.05, 4.69) is 10.8 Å². The zero-order chi connectivity index (χ0) is 14.4. The lowest BCUT2D eigenvalue weighted by Crippen LogP contribution is -2.42. The molecule has 2 unspecified atom stereocenters. The summed E-state index contributed by atoms with van der Waals surface area (Å²) in [5.74, 6) is 0.501. The molecule has 6 heteroatoms. The summed E-state index contributed by atoms with van der Waals surface area (Å²) in [6.45, 7) is 1.82. The van der Waals surface area contributed by atoms with E-state index < -0.39 is 6.10 Å². The van der Waals surface area contributed by atoms with Crippen LogP contribution in [0.5, 0.6) is 0 Å². The van der Waals surface area contributed by atoms with E-state index in [-0.39, 0.29) is 18.2 Å². The van der Waals surface area contributed by atoms with Crippen molar-refractivity contribution in [2.75, 3.05) is 0 Å². The normalized spacial score (nSPS) is 18.7. The van der Waals surface area contributed by atoms with Crippen molar-refractivity contribution >= 4 is 6.03 Å². The number of furan rings is 1. The number of hydrogen-bond acceptors (Lipinski definition) is 4. The van der Waals surface area contributed by atoms with Crippen LogP contribution in [0.15, 0.2) is 22.8 Å². The summed E-state index contributed by atoms with van der Waals surface area (Å²) < 4.78 is 5.11. The number of hydroxylamine groups is 1. The van der Waals surface area contributed by atoms with E-state index in [1.54, 1.807) is 12.1 Å². The molecule has 0 bridgehead atoms. The first-order valence-corrected chi connectivity index (χ1v) is 7.09. The average molecular weight is 282 g/mol. The molecule has 1 aromatic heterocycles. The Morgan fingerprint density at radius 3 is 2.95 bits per heavy atom. The van der Waals surface area contributed by atoms with E-state index in [1.807, 2.05) is 6.92 Å². The predicted molar refractivity (Wildman–Crippen MR) is 72.8 cm³/mol. The Labute approximate surface area is 118 Å². The van der Waals surface area contributed by atoms with E-state index in [1.165, 1.54) is 6.26 Å². The van der Waals surface area contributed by atoms with Gasteiger partial charge in [-0.05, 0) is 31.9 Å². The van der Waals surface area contributed by atoms with Crippen molar-refractivity contribution in [3.63, 3.8) is 0 Å². The van der Waals surface area contributed by atoms with Crippen LogP contribution in [0.3, 0.4) is 0 Å². The lowest BCUT2D eigenvalue weighted by atomic mass is 10.1. The second-order valence-electron chi connectivity index (χ2n) is 5.27. The molecule has 1 aliphatic carbocycles. The maximum atomic E-state index is 11.6. The number of aliphatic hydroxyl groups is 1. The van der Waals surface area contributed by atoms with Crippen LogP contribution < -0.4 is 10.8 Å². The van der Waals surface area contributed by atoms with Crippen LogP contribution in [0.1, 0.15) is 50.9 Å². The number of hydrogen-bond donors (Lipinski definition) is 3. The molecule has 1 fully saturated rings. The van der Waals surface area contributed by atoms with Crippen LogP contribution in [0.25, 0.3) is 0 Å². The molecule has 20 heavy (non-hydrogen) atoms. The van der Waals surface area contributed by atoms with Gasteiger partial charge in [-0.3, -0.25) is 4.84 Å². The molecule has 0 spiro atoms. The number of aliphatic hydroxyl groups excluding tert-OH is 1. The molecule has 0 radical (unpaired) electrons. The molecule has 2 rings (SSSR count). The Morgan fingerprint density at radius 2 is 2.30 bits per heavy atom. The smallest absolute Gasteiger partial charge is 0.338 e. The molecular formula is C14H22N2O4. The van der Waals surface area contributed by atoms with Crippen molar-refractivity contribution in [3.8, 4) is 0 Å². The van der Waals surface area contributed by atoms with Gasteiger partial charge in [0.05, 0.1) is 12.4 Å². The molecule has 3 N–H and O–H groups in total. The minimum Gasteiger partial charge on any atom is -0.467 e. The Hall–Kier alpha value is -1.53. The molecule has 1 heterocycles. The van der Waals surface area contributed by atoms with Crippen molar-refractivity contribution in [2.45, 2.75) is 57.3 Å². The molecule has 112 valence electrons. The lowest BCUT2D eigenvalue weighted by molar-refractivity contribution is -0.000718. The highest BCUT2D eigenvalue weighted by atomic mass is 16.7. The number of urea groups is 1. The molecule has 1 aliphatic rings. The topological polar surface area (TPSA) is 83.7 Å². The van der Waals surface area contributed by atoms with Gasteiger partial charge in [0.25, 0.3) is 0 Å². The molecule has 6 nitrogen and oxygen atoms in total. The van der Waals surface area contributed by atoms with E-state index in [9.17, 15) is 9.90 Å². The third kappa shape index (κ3) is 4.54. The largest absolute Gasteiger partial charge is 0.467 e. The van der Waals surface area contributed by atoms with Gasteiger partial charge in [-0.1, -0.05) is 12.8 Å². The summed E-state index contributed by atoms with van der Waals surface area (Å²) in [5.41, 5.74) is 2.41. The van der Waals surface area contributed by atoms with Gasteiger partial charge in [0.15, 0.2) is 0 Å². The fourth-order valence-corrected chi connectivity index (χ4v) is 2.39. The monoisotopic (exact) mass is 282 g/mol. The molecule has 1 saturated carbocycles. The highest BCUT2D eigenvalue weighted by molar-refractivity contribution is 5.72. The third-order valence-corrected chi connectivity index (χ3v) is 3.45. The Kier molecular flexibility index (Phi) is 5.43. The highest BCUT2D eigenvalue weighted by Gasteiger charge is 2.19. The second-order valence-corrected chi connectivity index (χ2v) is 5.27. The van der Waals surface area contributed by atoms with Crippen LogP contribution in [-0.4, -0.2) is 23.3 Å². The van der Waals surface area contributed by atoms with Crippen molar-refractivity contribution in [2.24, 2.45) is 0 Å². The molecule has 2 amide bonds. The van der Waals surface area contributed by atoms with Crippen LogP contribution in [0.2, 0.25) is 0 Å². The molecule has 2 atom stereocenters. The minimum atomic E-state index is -0.726. The van der Waals surface area contributed by atoms with Gasteiger partial charge in [0, 0.05) is 12.5 Å². The van der Waals surface area contributed by atoms with Crippen molar-refractivity contribution in [3.05, 3.63) is 24.2 Å². The quantitative estimate of drug-likeness (QED) is 0.699. The Bertz CT molecular complexity index is 401. The van der Waals surface area contributed by atoms with E-state index in [0.29, 0.717) is 12.2 Å². The minimum absolute atomic E-state index is 0.129. The number of amides is 2. The molecular weight excluding hydrogens is 260 g/mol. The lowest BCUT2D eigenvalue weighted by Gasteiger charge is -2.18. The summed E-state index contributed by atoms with van der Waals surface area (Å²) in [7, 11) is 0. The first-order valence-electron chi connectivity index (χ1n) is 7.09. The van der Waals surface area contributed by atoms with Crippen LogP contribution in [0.4, 0.5) is 4.79 Å². The summed E-state index contributed by atoms with van der Waals surface area (Å²) in [5, 5.41) is 12.6. The predicted octanol–water partition coefficient (Wildman–Crippen LogP) is 2.26. The van der Waals surface area contributed by atoms with Gasteiger partial charge in [-0.2, -0.15) is 0 Å². The van der Waals surface area contributed by atoms with Gasteiger partial charge in [-0.25, -0.2) is 10.3 Å². The average Bonchev–Trinajstić information content (AvgIpc) is 3.09. The highest BCUT2D eigenvalue weighted by Crippen LogP contribution is 2.20. The van der Waals surface area contributed by atoms with E-state index in [0.717, 1.165) is 25.7 Å². The standard InChI is InChI=1S/C14H22N2O4/c1-10(9-12(17)13-7-4-8-19-13)15-14(18)16-20-11-5-2-3-6-11/h4,7-8,10-12,17H,2-3,5-6,9H2,1H3,(H2,15,16,18). The fourth-order valence-electron chi connectivity index (χ4n) is 2.39. The van der Waals surface area contributed by atoms with Gasteiger partial charge in [0.1, 0.15) is 11.9 Å². The molecule has 0 saturated heterocycles. The first kappa shape index (κ1) is 14.9. The van der Waals surface area contributed by atoms with E-state index >= 15 is 0 Å². The Balaban J connectivity index is 1.65. The van der Waals surface area contributed by atoms with Crippen molar-refractivity contribution in [1.29, 1.82) is 0 Å². The van der Waals surface area contributed by atoms with Gasteiger partial charge in [0.2, 0.25) is 0 Å². The zero-order valence-electron chi connectivity index (χ0n) is 11.7. The molecule has 1 aromatic rings. The maximum Gasteiger partial charge on any atom is 0.338 e. The fraction of sp³-hybridized carbons (Fsp3) is 0.643. The van der Waals surface area contributed by atoms with Crippen LogP contribution >= 0.6 is 0 Å². The van der Waals surface area contributed by atoms with Crippen LogP contribution in [0, 0.1) is 0 Å². The van der Waals surface area contributed by atoms with Crippen LogP contribution in [-0.2, 0) is 4.84 Å². The first-order chi connectivity index (χ1) is 9.65. The summed E-state index contributed by atoms with van der Waals surface area (Å²) >= 11 is 0. The third-order valence-electron chi connectivity index (χ3n) is 3.45. The Morgan fingerprint density at radius 1 is 1.55 bits per heavy atom. The SMILES string of the molecule is CC(CC(O)c1ccco1)NC(=O)NOC1CCCC1. The number of carbonyl (C=O) groups excluding carboxylic acids is 1. The van der Waals surface area contributed by atoms with E-state index in [4.69, 9.17) is 9.25 Å². The van der Waals surface area contributed by atoms with Crippen molar-refractivity contribution in [1.82, 2.24) is 10.8 Å².